The number of anilines is 1. The van der Waals surface area contributed by atoms with Gasteiger partial charge in [-0.25, -0.2) is 0 Å². The highest BCUT2D eigenvalue weighted by Gasteiger charge is 2.34. The number of hydrogen-bond donors (Lipinski definition) is 0. The van der Waals surface area contributed by atoms with Gasteiger partial charge in [0.05, 0.1) is 0 Å². The van der Waals surface area contributed by atoms with Crippen molar-refractivity contribution >= 4 is 17.4 Å². The van der Waals surface area contributed by atoms with Gasteiger partial charge in [-0.1, -0.05) is 30.3 Å². The lowest BCUT2D eigenvalue weighted by Gasteiger charge is -2.22. The molecule has 0 bridgehead atoms. The van der Waals surface area contributed by atoms with Crippen LogP contribution in [0.1, 0.15) is 19.3 Å². The Morgan fingerprint density at radius 1 is 0.926 bits per heavy atom. The third-order valence-corrected chi connectivity index (χ3v) is 5.34. The second-order valence-electron chi connectivity index (χ2n) is 7.29. The molecule has 0 radical (unpaired) electrons. The lowest BCUT2D eigenvalue weighted by Crippen LogP contribution is -2.36. The molecule has 7 nitrogen and oxygen atoms in total. The predicted octanol–water partition coefficient (Wildman–Crippen LogP) is 2.24. The van der Waals surface area contributed by atoms with E-state index in [-0.39, 0.29) is 5.92 Å². The molecular weight excluding hydrogens is 340 g/mol. The largest absolute Gasteiger partial charge is 0.353 e. The minimum atomic E-state index is 0.288. The highest BCUT2D eigenvalue weighted by atomic mass is 16.2. The molecule has 1 saturated heterocycles. The van der Waals surface area contributed by atoms with Gasteiger partial charge >= 0.3 is 0 Å². The number of fused-ring (bicyclic) bond motifs is 1. The Kier molecular flexibility index (Phi) is 3.99. The summed E-state index contributed by atoms with van der Waals surface area (Å²) in [6, 6.07) is 13.9. The SMILES string of the molecule is O=C(C1CC1)N1CCCN(c2ccc3nnc(-c4ccccc4)n3n2)CC1. The molecule has 2 aromatic heterocycles. The topological polar surface area (TPSA) is 66.6 Å². The molecule has 1 aliphatic heterocycles. The highest BCUT2D eigenvalue weighted by molar-refractivity contribution is 5.81. The number of amides is 1. The summed E-state index contributed by atoms with van der Waals surface area (Å²) in [5.74, 6) is 2.27. The van der Waals surface area contributed by atoms with E-state index in [0.717, 1.165) is 68.3 Å². The summed E-state index contributed by atoms with van der Waals surface area (Å²) in [4.78, 5) is 16.7. The Morgan fingerprint density at radius 2 is 1.78 bits per heavy atom. The van der Waals surface area contributed by atoms with Crippen LogP contribution in [0.25, 0.3) is 17.0 Å². The number of aromatic nitrogens is 4. The van der Waals surface area contributed by atoms with Gasteiger partial charge in [-0.2, -0.15) is 4.52 Å². The van der Waals surface area contributed by atoms with E-state index in [1.54, 1.807) is 0 Å². The molecule has 1 amide bonds. The first-order valence-corrected chi connectivity index (χ1v) is 9.61. The molecule has 1 saturated carbocycles. The minimum absolute atomic E-state index is 0.288. The van der Waals surface area contributed by atoms with Crippen molar-refractivity contribution in [3.8, 4) is 11.4 Å². The van der Waals surface area contributed by atoms with E-state index in [1.807, 2.05) is 51.9 Å². The Labute approximate surface area is 157 Å². The van der Waals surface area contributed by atoms with Crippen LogP contribution in [0, 0.1) is 5.92 Å². The molecule has 0 spiro atoms. The van der Waals surface area contributed by atoms with Gasteiger partial charge in [0, 0.05) is 37.7 Å². The molecule has 3 heterocycles. The summed E-state index contributed by atoms with van der Waals surface area (Å²) in [7, 11) is 0. The summed E-state index contributed by atoms with van der Waals surface area (Å²) in [6.45, 7) is 3.31. The van der Waals surface area contributed by atoms with E-state index in [2.05, 4.69) is 15.1 Å². The number of benzene rings is 1. The van der Waals surface area contributed by atoms with Crippen LogP contribution in [0.3, 0.4) is 0 Å². The zero-order valence-corrected chi connectivity index (χ0v) is 15.2. The van der Waals surface area contributed by atoms with Crippen LogP contribution < -0.4 is 4.90 Å². The maximum atomic E-state index is 12.4. The van der Waals surface area contributed by atoms with Crippen molar-refractivity contribution in [3.63, 3.8) is 0 Å². The van der Waals surface area contributed by atoms with Gasteiger partial charge in [-0.05, 0) is 31.4 Å². The van der Waals surface area contributed by atoms with Crippen molar-refractivity contribution in [2.75, 3.05) is 31.1 Å². The number of carbonyl (C=O) groups excluding carboxylic acids is 1. The third-order valence-electron chi connectivity index (χ3n) is 5.34. The van der Waals surface area contributed by atoms with Crippen LogP contribution in [0.4, 0.5) is 5.82 Å². The summed E-state index contributed by atoms with van der Waals surface area (Å²) in [6.07, 6.45) is 3.09. The van der Waals surface area contributed by atoms with Gasteiger partial charge < -0.3 is 9.80 Å². The quantitative estimate of drug-likeness (QED) is 0.715. The Hall–Kier alpha value is -2.96. The molecule has 1 aliphatic carbocycles. The first kappa shape index (κ1) is 16.2. The van der Waals surface area contributed by atoms with Crippen molar-refractivity contribution < 1.29 is 4.79 Å². The van der Waals surface area contributed by atoms with Gasteiger partial charge in [0.1, 0.15) is 5.82 Å². The fourth-order valence-corrected chi connectivity index (χ4v) is 3.67. The predicted molar refractivity (Wildman–Crippen MR) is 102 cm³/mol. The van der Waals surface area contributed by atoms with Crippen LogP contribution in [-0.2, 0) is 4.79 Å². The first-order chi connectivity index (χ1) is 13.3. The maximum Gasteiger partial charge on any atom is 0.225 e. The summed E-state index contributed by atoms with van der Waals surface area (Å²) < 4.78 is 1.81. The van der Waals surface area contributed by atoms with E-state index in [0.29, 0.717) is 5.91 Å². The van der Waals surface area contributed by atoms with Gasteiger partial charge in [0.15, 0.2) is 11.5 Å². The highest BCUT2D eigenvalue weighted by Crippen LogP contribution is 2.31. The molecule has 0 atom stereocenters. The monoisotopic (exact) mass is 362 g/mol. The van der Waals surface area contributed by atoms with E-state index in [9.17, 15) is 4.79 Å². The number of hydrogen-bond acceptors (Lipinski definition) is 5. The molecule has 2 aliphatic rings. The molecule has 0 unspecified atom stereocenters. The fraction of sp³-hybridized carbons (Fsp3) is 0.400. The van der Waals surface area contributed by atoms with E-state index in [1.165, 1.54) is 0 Å². The average molecular weight is 362 g/mol. The molecule has 0 N–H and O–H groups in total. The molecule has 27 heavy (non-hydrogen) atoms. The number of nitrogens with zero attached hydrogens (tertiary/aromatic N) is 6. The van der Waals surface area contributed by atoms with Crippen LogP contribution in [0.2, 0.25) is 0 Å². The second-order valence-corrected chi connectivity index (χ2v) is 7.29. The molecule has 3 aromatic rings. The van der Waals surface area contributed by atoms with Crippen LogP contribution in [0.5, 0.6) is 0 Å². The lowest BCUT2D eigenvalue weighted by atomic mass is 10.2. The summed E-state index contributed by atoms with van der Waals surface area (Å²) >= 11 is 0. The fourth-order valence-electron chi connectivity index (χ4n) is 3.67. The van der Waals surface area contributed by atoms with E-state index < -0.39 is 0 Å². The molecule has 5 rings (SSSR count). The van der Waals surface area contributed by atoms with Gasteiger partial charge in [0.25, 0.3) is 0 Å². The standard InChI is InChI=1S/C20H22N6O/c27-20(16-7-8-16)25-12-4-11-24(13-14-25)18-10-9-17-21-22-19(26(17)23-18)15-5-2-1-3-6-15/h1-3,5-6,9-10,16H,4,7-8,11-14H2. The molecular formula is C20H22N6O. The normalized spacial score (nSPS) is 17.9. The summed E-state index contributed by atoms with van der Waals surface area (Å²) in [5.41, 5.74) is 1.73. The first-order valence-electron chi connectivity index (χ1n) is 9.61. The van der Waals surface area contributed by atoms with Crippen molar-refractivity contribution in [2.45, 2.75) is 19.3 Å². The van der Waals surface area contributed by atoms with Crippen LogP contribution in [0.15, 0.2) is 42.5 Å². The van der Waals surface area contributed by atoms with Crippen molar-refractivity contribution in [3.05, 3.63) is 42.5 Å². The Bertz CT molecular complexity index is 965. The lowest BCUT2D eigenvalue weighted by molar-refractivity contribution is -0.132. The van der Waals surface area contributed by atoms with Gasteiger partial charge in [0.2, 0.25) is 5.91 Å². The van der Waals surface area contributed by atoms with E-state index >= 15 is 0 Å². The smallest absolute Gasteiger partial charge is 0.225 e. The second kappa shape index (κ2) is 6.64. The van der Waals surface area contributed by atoms with Crippen molar-refractivity contribution in [1.29, 1.82) is 0 Å². The zero-order chi connectivity index (χ0) is 18.2. The Morgan fingerprint density at radius 3 is 2.59 bits per heavy atom. The maximum absolute atomic E-state index is 12.4. The average Bonchev–Trinajstić information content (AvgIpc) is 3.51. The molecule has 138 valence electrons. The van der Waals surface area contributed by atoms with Crippen LogP contribution in [-0.4, -0.2) is 56.8 Å². The van der Waals surface area contributed by atoms with Crippen molar-refractivity contribution in [2.24, 2.45) is 5.92 Å². The minimum Gasteiger partial charge on any atom is -0.353 e. The Balaban J connectivity index is 1.40. The third kappa shape index (κ3) is 3.13. The number of carbonyl (C=O) groups is 1. The van der Waals surface area contributed by atoms with Gasteiger partial charge in [-0.3, -0.25) is 4.79 Å². The molecule has 1 aromatic carbocycles. The zero-order valence-electron chi connectivity index (χ0n) is 15.2. The number of rotatable bonds is 3. The van der Waals surface area contributed by atoms with Gasteiger partial charge in [-0.15, -0.1) is 15.3 Å². The summed E-state index contributed by atoms with van der Waals surface area (Å²) in [5, 5.41) is 13.4. The van der Waals surface area contributed by atoms with E-state index in [4.69, 9.17) is 5.10 Å². The molecule has 2 fully saturated rings. The molecule has 7 heteroatoms. The van der Waals surface area contributed by atoms with Crippen molar-refractivity contribution in [1.82, 2.24) is 24.7 Å². The van der Waals surface area contributed by atoms with Crippen LogP contribution >= 0.6 is 0 Å².